The maximum absolute atomic E-state index is 12.2. The number of carbonyl (C=O) groups excluding carboxylic acids is 1. The van der Waals surface area contributed by atoms with E-state index in [9.17, 15) is 23.3 Å². The standard InChI is InChI=1S/C14H12ClN3O5S/c1-24(22,23)17-10-4-2-9(3-5-10)16-14(19)12-8-11(18(20)21)6-7-13(12)15/h2-8,17H,1H3,(H,16,19). The van der Waals surface area contributed by atoms with Crippen molar-refractivity contribution in [3.8, 4) is 0 Å². The summed E-state index contributed by atoms with van der Waals surface area (Å²) in [6.45, 7) is 0. The second-order valence-corrected chi connectivity index (χ2v) is 6.98. The molecule has 10 heteroatoms. The van der Waals surface area contributed by atoms with Gasteiger partial charge in [0.1, 0.15) is 0 Å². The Morgan fingerprint density at radius 1 is 1.12 bits per heavy atom. The summed E-state index contributed by atoms with van der Waals surface area (Å²) in [5.41, 5.74) is 0.423. The van der Waals surface area contributed by atoms with E-state index in [1.165, 1.54) is 36.4 Å². The van der Waals surface area contributed by atoms with Crippen molar-refractivity contribution in [3.05, 3.63) is 63.2 Å². The lowest BCUT2D eigenvalue weighted by Crippen LogP contribution is -2.13. The molecule has 2 N–H and O–H groups in total. The van der Waals surface area contributed by atoms with E-state index in [1.54, 1.807) is 0 Å². The first-order chi connectivity index (χ1) is 11.2. The number of halogens is 1. The third-order valence-electron chi connectivity index (χ3n) is 2.85. The van der Waals surface area contributed by atoms with Gasteiger partial charge in [-0.3, -0.25) is 19.6 Å². The molecular formula is C14H12ClN3O5S. The highest BCUT2D eigenvalue weighted by Crippen LogP contribution is 2.23. The topological polar surface area (TPSA) is 118 Å². The molecule has 8 nitrogen and oxygen atoms in total. The minimum absolute atomic E-state index is 0.0378. The Morgan fingerprint density at radius 3 is 2.25 bits per heavy atom. The highest BCUT2D eigenvalue weighted by atomic mass is 35.5. The minimum atomic E-state index is -3.39. The molecule has 2 aromatic rings. The second kappa shape index (κ2) is 6.85. The molecule has 0 spiro atoms. The zero-order valence-electron chi connectivity index (χ0n) is 12.3. The Hall–Kier alpha value is -2.65. The summed E-state index contributed by atoms with van der Waals surface area (Å²) < 4.78 is 24.5. The Balaban J connectivity index is 2.18. The number of nitro benzene ring substituents is 1. The van der Waals surface area contributed by atoms with Gasteiger partial charge in [-0.25, -0.2) is 8.42 Å². The van der Waals surface area contributed by atoms with Gasteiger partial charge in [0.2, 0.25) is 10.0 Å². The zero-order chi connectivity index (χ0) is 17.9. The number of nitro groups is 1. The minimum Gasteiger partial charge on any atom is -0.322 e. The summed E-state index contributed by atoms with van der Waals surface area (Å²) in [7, 11) is -3.39. The van der Waals surface area contributed by atoms with Crippen molar-refractivity contribution in [2.45, 2.75) is 0 Å². The monoisotopic (exact) mass is 369 g/mol. The van der Waals surface area contributed by atoms with Crippen molar-refractivity contribution < 1.29 is 18.1 Å². The quantitative estimate of drug-likeness (QED) is 0.620. The van der Waals surface area contributed by atoms with Gasteiger partial charge in [-0.15, -0.1) is 0 Å². The summed E-state index contributed by atoms with van der Waals surface area (Å²) in [5.74, 6) is -0.618. The number of amides is 1. The van der Waals surface area contributed by atoms with Gasteiger partial charge < -0.3 is 5.32 Å². The van der Waals surface area contributed by atoms with Crippen LogP contribution in [0.2, 0.25) is 5.02 Å². The normalized spacial score (nSPS) is 10.9. The van der Waals surface area contributed by atoms with Gasteiger partial charge in [0.25, 0.3) is 11.6 Å². The first kappa shape index (κ1) is 17.7. The molecule has 0 aliphatic heterocycles. The molecule has 2 rings (SSSR count). The molecule has 2 aromatic carbocycles. The van der Waals surface area contributed by atoms with E-state index in [4.69, 9.17) is 11.6 Å². The van der Waals surface area contributed by atoms with Gasteiger partial charge in [-0.2, -0.15) is 0 Å². The van der Waals surface area contributed by atoms with Crippen LogP contribution in [0.3, 0.4) is 0 Å². The Morgan fingerprint density at radius 2 is 1.71 bits per heavy atom. The molecule has 0 aromatic heterocycles. The number of nitrogens with zero attached hydrogens (tertiary/aromatic N) is 1. The summed E-state index contributed by atoms with van der Waals surface area (Å²) in [5, 5.41) is 13.4. The second-order valence-electron chi connectivity index (χ2n) is 4.83. The number of non-ortho nitro benzene ring substituents is 1. The molecule has 0 fully saturated rings. The van der Waals surface area contributed by atoms with Crippen molar-refractivity contribution >= 4 is 44.6 Å². The van der Waals surface area contributed by atoms with E-state index < -0.39 is 20.9 Å². The van der Waals surface area contributed by atoms with Crippen LogP contribution in [-0.4, -0.2) is 25.5 Å². The van der Waals surface area contributed by atoms with Crippen LogP contribution >= 0.6 is 11.6 Å². The average Bonchev–Trinajstić information content (AvgIpc) is 2.48. The van der Waals surface area contributed by atoms with Crippen LogP contribution in [-0.2, 0) is 10.0 Å². The predicted octanol–water partition coefficient (Wildman–Crippen LogP) is 2.87. The predicted molar refractivity (Wildman–Crippen MR) is 91.0 cm³/mol. The van der Waals surface area contributed by atoms with Crippen LogP contribution in [0.1, 0.15) is 10.4 Å². The highest BCUT2D eigenvalue weighted by Gasteiger charge is 2.16. The number of carbonyl (C=O) groups is 1. The molecule has 1 amide bonds. The number of sulfonamides is 1. The molecule has 0 aliphatic rings. The first-order valence-electron chi connectivity index (χ1n) is 6.49. The summed E-state index contributed by atoms with van der Waals surface area (Å²) >= 11 is 5.90. The van der Waals surface area contributed by atoms with Crippen LogP contribution in [0.4, 0.5) is 17.1 Å². The van der Waals surface area contributed by atoms with Gasteiger partial charge in [0, 0.05) is 23.5 Å². The maximum atomic E-state index is 12.2. The lowest BCUT2D eigenvalue weighted by molar-refractivity contribution is -0.384. The van der Waals surface area contributed by atoms with Crippen LogP contribution in [0.5, 0.6) is 0 Å². The molecule has 0 heterocycles. The van der Waals surface area contributed by atoms with Crippen molar-refractivity contribution in [2.24, 2.45) is 0 Å². The van der Waals surface area contributed by atoms with Crippen LogP contribution in [0.15, 0.2) is 42.5 Å². The third kappa shape index (κ3) is 4.67. The SMILES string of the molecule is CS(=O)(=O)Nc1ccc(NC(=O)c2cc([N+](=O)[O-])ccc2Cl)cc1. The van der Waals surface area contributed by atoms with Crippen molar-refractivity contribution in [3.63, 3.8) is 0 Å². The van der Waals surface area contributed by atoms with Crippen LogP contribution in [0, 0.1) is 10.1 Å². The number of hydrogen-bond acceptors (Lipinski definition) is 5. The molecule has 0 unspecified atom stereocenters. The molecular weight excluding hydrogens is 358 g/mol. The van der Waals surface area contributed by atoms with E-state index in [2.05, 4.69) is 10.0 Å². The molecule has 0 atom stereocenters. The molecule has 0 bridgehead atoms. The average molecular weight is 370 g/mol. The van der Waals surface area contributed by atoms with Crippen molar-refractivity contribution in [1.29, 1.82) is 0 Å². The largest absolute Gasteiger partial charge is 0.322 e. The number of anilines is 2. The fourth-order valence-electron chi connectivity index (χ4n) is 1.83. The van der Waals surface area contributed by atoms with E-state index in [-0.39, 0.29) is 16.3 Å². The fourth-order valence-corrected chi connectivity index (χ4v) is 2.60. The number of nitrogens with one attached hydrogen (secondary N) is 2. The highest BCUT2D eigenvalue weighted by molar-refractivity contribution is 7.92. The molecule has 0 radical (unpaired) electrons. The Kier molecular flexibility index (Phi) is 5.05. The van der Waals surface area contributed by atoms with Gasteiger partial charge in [-0.1, -0.05) is 11.6 Å². The summed E-state index contributed by atoms with van der Waals surface area (Å²) in [6, 6.07) is 9.44. The van der Waals surface area contributed by atoms with Crippen molar-refractivity contribution in [2.75, 3.05) is 16.3 Å². The summed E-state index contributed by atoms with van der Waals surface area (Å²) in [4.78, 5) is 22.3. The van der Waals surface area contributed by atoms with E-state index in [1.807, 2.05) is 0 Å². The zero-order valence-corrected chi connectivity index (χ0v) is 13.9. The third-order valence-corrected chi connectivity index (χ3v) is 3.79. The number of hydrogen-bond donors (Lipinski definition) is 2. The molecule has 0 saturated carbocycles. The van der Waals surface area contributed by atoms with E-state index in [0.717, 1.165) is 12.3 Å². The van der Waals surface area contributed by atoms with Gasteiger partial charge >= 0.3 is 0 Å². The van der Waals surface area contributed by atoms with Crippen LogP contribution < -0.4 is 10.0 Å². The first-order valence-corrected chi connectivity index (χ1v) is 8.76. The van der Waals surface area contributed by atoms with Gasteiger partial charge in [0.05, 0.1) is 21.8 Å². The smallest absolute Gasteiger partial charge is 0.270 e. The molecule has 24 heavy (non-hydrogen) atoms. The van der Waals surface area contributed by atoms with E-state index >= 15 is 0 Å². The molecule has 126 valence electrons. The maximum Gasteiger partial charge on any atom is 0.270 e. The molecule has 0 saturated heterocycles. The summed E-state index contributed by atoms with van der Waals surface area (Å²) in [6.07, 6.45) is 1.02. The van der Waals surface area contributed by atoms with E-state index in [0.29, 0.717) is 11.4 Å². The van der Waals surface area contributed by atoms with Gasteiger partial charge in [-0.05, 0) is 30.3 Å². The van der Waals surface area contributed by atoms with Crippen LogP contribution in [0.25, 0.3) is 0 Å². The lowest BCUT2D eigenvalue weighted by atomic mass is 10.2. The fraction of sp³-hybridized carbons (Fsp3) is 0.0714. The number of benzene rings is 2. The number of rotatable bonds is 5. The lowest BCUT2D eigenvalue weighted by Gasteiger charge is -2.08. The van der Waals surface area contributed by atoms with Crippen molar-refractivity contribution in [1.82, 2.24) is 0 Å². The Labute approximate surface area is 142 Å². The Bertz CT molecular complexity index is 897. The molecule has 0 aliphatic carbocycles. The van der Waals surface area contributed by atoms with Gasteiger partial charge in [0.15, 0.2) is 0 Å².